The summed E-state index contributed by atoms with van der Waals surface area (Å²) in [6, 6.07) is 14.5. The van der Waals surface area contributed by atoms with Crippen molar-refractivity contribution in [2.45, 2.75) is 6.92 Å². The Kier molecular flexibility index (Phi) is 4.10. The fourth-order valence-electron chi connectivity index (χ4n) is 2.31. The van der Waals surface area contributed by atoms with Crippen molar-refractivity contribution < 1.29 is 14.3 Å². The number of fused-ring (bicyclic) bond motifs is 1. The summed E-state index contributed by atoms with van der Waals surface area (Å²) in [6.07, 6.45) is 1.80. The van der Waals surface area contributed by atoms with Crippen molar-refractivity contribution in [3.63, 3.8) is 0 Å². The molecule has 0 saturated carbocycles. The first-order valence-corrected chi connectivity index (χ1v) is 7.22. The maximum atomic E-state index is 12.0. The van der Waals surface area contributed by atoms with Gasteiger partial charge in [0.05, 0.1) is 5.56 Å². The Labute approximate surface area is 133 Å². The normalized spacial score (nSPS) is 10.5. The number of nitrogens with one attached hydrogen (secondary N) is 2. The number of H-pyrrole nitrogens is 1. The van der Waals surface area contributed by atoms with Crippen molar-refractivity contribution in [2.75, 3.05) is 11.9 Å². The highest BCUT2D eigenvalue weighted by atomic mass is 16.5. The van der Waals surface area contributed by atoms with Gasteiger partial charge in [-0.25, -0.2) is 4.79 Å². The first-order valence-electron chi connectivity index (χ1n) is 7.22. The maximum Gasteiger partial charge on any atom is 0.338 e. The van der Waals surface area contributed by atoms with Crippen LogP contribution in [0.1, 0.15) is 15.9 Å². The summed E-state index contributed by atoms with van der Waals surface area (Å²) >= 11 is 0. The zero-order valence-electron chi connectivity index (χ0n) is 12.6. The predicted octanol–water partition coefficient (Wildman–Crippen LogP) is 3.27. The molecule has 0 radical (unpaired) electrons. The summed E-state index contributed by atoms with van der Waals surface area (Å²) in [6.45, 7) is 1.61. The van der Waals surface area contributed by atoms with E-state index in [0.717, 1.165) is 16.5 Å². The Morgan fingerprint density at radius 1 is 1.13 bits per heavy atom. The van der Waals surface area contributed by atoms with E-state index in [4.69, 9.17) is 4.74 Å². The van der Waals surface area contributed by atoms with Crippen molar-refractivity contribution in [3.05, 3.63) is 65.9 Å². The monoisotopic (exact) mass is 308 g/mol. The third-order valence-corrected chi connectivity index (χ3v) is 3.43. The highest BCUT2D eigenvalue weighted by Gasteiger charge is 2.11. The Morgan fingerprint density at radius 3 is 2.83 bits per heavy atom. The lowest BCUT2D eigenvalue weighted by molar-refractivity contribution is -0.119. The number of benzene rings is 2. The van der Waals surface area contributed by atoms with Crippen molar-refractivity contribution in [1.29, 1.82) is 0 Å². The van der Waals surface area contributed by atoms with Gasteiger partial charge in [0.25, 0.3) is 5.91 Å². The molecule has 5 heteroatoms. The van der Waals surface area contributed by atoms with E-state index in [-0.39, 0.29) is 12.5 Å². The highest BCUT2D eigenvalue weighted by Crippen LogP contribution is 2.15. The molecule has 0 aliphatic rings. The number of hydrogen-bond donors (Lipinski definition) is 2. The number of hydrogen-bond acceptors (Lipinski definition) is 3. The first kappa shape index (κ1) is 14.8. The Balaban J connectivity index is 1.58. The number of aryl methyl sites for hydroxylation is 1. The number of anilines is 1. The molecule has 0 aliphatic carbocycles. The van der Waals surface area contributed by atoms with E-state index < -0.39 is 5.97 Å². The van der Waals surface area contributed by atoms with Crippen LogP contribution in [0.2, 0.25) is 0 Å². The Hall–Kier alpha value is -3.08. The third kappa shape index (κ3) is 3.58. The summed E-state index contributed by atoms with van der Waals surface area (Å²) in [5.74, 6) is -0.897. The van der Waals surface area contributed by atoms with Gasteiger partial charge in [0.15, 0.2) is 6.61 Å². The van der Waals surface area contributed by atoms with Crippen LogP contribution in [0.3, 0.4) is 0 Å². The van der Waals surface area contributed by atoms with Crippen LogP contribution in [-0.2, 0) is 9.53 Å². The van der Waals surface area contributed by atoms with E-state index in [0.29, 0.717) is 11.3 Å². The van der Waals surface area contributed by atoms with Crippen LogP contribution in [0.15, 0.2) is 54.7 Å². The third-order valence-electron chi connectivity index (χ3n) is 3.43. The molecule has 3 aromatic rings. The largest absolute Gasteiger partial charge is 0.452 e. The second-order valence-electron chi connectivity index (χ2n) is 5.27. The molecule has 1 heterocycles. The quantitative estimate of drug-likeness (QED) is 0.727. The molecule has 116 valence electrons. The summed E-state index contributed by atoms with van der Waals surface area (Å²) < 4.78 is 5.05. The summed E-state index contributed by atoms with van der Waals surface area (Å²) in [4.78, 5) is 26.9. The second kappa shape index (κ2) is 6.36. The Morgan fingerprint density at radius 2 is 2.00 bits per heavy atom. The van der Waals surface area contributed by atoms with E-state index in [1.54, 1.807) is 24.4 Å². The lowest BCUT2D eigenvalue weighted by atomic mass is 10.2. The minimum absolute atomic E-state index is 0.324. The van der Waals surface area contributed by atoms with Crippen LogP contribution in [0, 0.1) is 6.92 Å². The van der Waals surface area contributed by atoms with Crippen LogP contribution < -0.4 is 5.32 Å². The van der Waals surface area contributed by atoms with Crippen molar-refractivity contribution >= 4 is 28.5 Å². The number of rotatable bonds is 4. The molecule has 0 aliphatic heterocycles. The molecular weight excluding hydrogens is 292 g/mol. The van der Waals surface area contributed by atoms with Gasteiger partial charge < -0.3 is 15.0 Å². The molecule has 0 bridgehead atoms. The summed E-state index contributed by atoms with van der Waals surface area (Å²) in [5, 5.41) is 3.71. The molecule has 23 heavy (non-hydrogen) atoms. The van der Waals surface area contributed by atoms with E-state index in [1.807, 2.05) is 37.3 Å². The number of esters is 1. The van der Waals surface area contributed by atoms with Crippen LogP contribution >= 0.6 is 0 Å². The topological polar surface area (TPSA) is 71.2 Å². The number of amides is 1. The van der Waals surface area contributed by atoms with Crippen molar-refractivity contribution in [3.8, 4) is 0 Å². The molecule has 0 atom stereocenters. The minimum atomic E-state index is -0.527. The molecule has 0 fully saturated rings. The minimum Gasteiger partial charge on any atom is -0.452 e. The zero-order valence-corrected chi connectivity index (χ0v) is 12.6. The highest BCUT2D eigenvalue weighted by molar-refractivity contribution is 5.97. The fraction of sp³-hybridized carbons (Fsp3) is 0.111. The maximum absolute atomic E-state index is 12.0. The number of carbonyl (C=O) groups is 2. The smallest absolute Gasteiger partial charge is 0.338 e. The van der Waals surface area contributed by atoms with Crippen LogP contribution in [-0.4, -0.2) is 23.5 Å². The number of ether oxygens (including phenoxy) is 1. The van der Waals surface area contributed by atoms with Crippen molar-refractivity contribution in [2.24, 2.45) is 0 Å². The molecule has 0 spiro atoms. The van der Waals surface area contributed by atoms with Gasteiger partial charge in [-0.1, -0.05) is 18.2 Å². The van der Waals surface area contributed by atoms with Crippen LogP contribution in [0.5, 0.6) is 0 Å². The number of carbonyl (C=O) groups excluding carboxylic acids is 2. The van der Waals surface area contributed by atoms with Gasteiger partial charge in [-0.3, -0.25) is 4.79 Å². The van der Waals surface area contributed by atoms with Gasteiger partial charge in [-0.15, -0.1) is 0 Å². The molecule has 1 amide bonds. The standard InChI is InChI=1S/C18H16N2O3/c1-12-3-2-4-15(9-12)20-17(21)11-23-18(22)14-6-5-13-7-8-19-16(13)10-14/h2-10,19H,11H2,1H3,(H,20,21). The molecule has 5 nitrogen and oxygen atoms in total. The zero-order chi connectivity index (χ0) is 16.2. The van der Waals surface area contributed by atoms with Gasteiger partial charge in [0.2, 0.25) is 0 Å². The lowest BCUT2D eigenvalue weighted by Crippen LogP contribution is -2.20. The second-order valence-corrected chi connectivity index (χ2v) is 5.27. The molecule has 1 aromatic heterocycles. The lowest BCUT2D eigenvalue weighted by Gasteiger charge is -2.07. The van der Waals surface area contributed by atoms with E-state index in [9.17, 15) is 9.59 Å². The van der Waals surface area contributed by atoms with Gasteiger partial charge in [0.1, 0.15) is 0 Å². The van der Waals surface area contributed by atoms with Crippen LogP contribution in [0.4, 0.5) is 5.69 Å². The van der Waals surface area contributed by atoms with Crippen molar-refractivity contribution in [1.82, 2.24) is 4.98 Å². The first-order chi connectivity index (χ1) is 11.1. The predicted molar refractivity (Wildman–Crippen MR) is 88.4 cm³/mol. The Bertz CT molecular complexity index is 867. The molecule has 2 N–H and O–H groups in total. The molecule has 0 unspecified atom stereocenters. The van der Waals surface area contributed by atoms with E-state index in [2.05, 4.69) is 10.3 Å². The van der Waals surface area contributed by atoms with E-state index in [1.165, 1.54) is 0 Å². The number of aromatic amines is 1. The van der Waals surface area contributed by atoms with E-state index >= 15 is 0 Å². The van der Waals surface area contributed by atoms with Gasteiger partial charge in [-0.05, 0) is 48.2 Å². The SMILES string of the molecule is Cc1cccc(NC(=O)COC(=O)c2ccc3cc[nH]c3c2)c1. The van der Waals surface area contributed by atoms with Gasteiger partial charge in [0, 0.05) is 17.4 Å². The molecular formula is C18H16N2O3. The average Bonchev–Trinajstić information content (AvgIpc) is 3.00. The van der Waals surface area contributed by atoms with Gasteiger partial charge in [-0.2, -0.15) is 0 Å². The summed E-state index contributed by atoms with van der Waals surface area (Å²) in [5.41, 5.74) is 2.98. The van der Waals surface area contributed by atoms with Crippen LogP contribution in [0.25, 0.3) is 10.9 Å². The number of aromatic nitrogens is 1. The fourth-order valence-corrected chi connectivity index (χ4v) is 2.31. The molecule has 2 aromatic carbocycles. The average molecular weight is 308 g/mol. The summed E-state index contributed by atoms with van der Waals surface area (Å²) in [7, 11) is 0. The molecule has 0 saturated heterocycles. The molecule has 3 rings (SSSR count). The van der Waals surface area contributed by atoms with Gasteiger partial charge >= 0.3 is 5.97 Å².